The molecule has 1 N–H and O–H groups in total. The van der Waals surface area contributed by atoms with Gasteiger partial charge in [-0.1, -0.05) is 37.8 Å². The van der Waals surface area contributed by atoms with Crippen molar-refractivity contribution < 1.29 is 14.4 Å². The largest absolute Gasteiger partial charge is 0.343 e. The van der Waals surface area contributed by atoms with Crippen LogP contribution in [0.25, 0.3) is 0 Å². The van der Waals surface area contributed by atoms with E-state index in [0.29, 0.717) is 51.2 Å². The Balaban J connectivity index is 1.29. The molecule has 8 heteroatoms. The zero-order valence-corrected chi connectivity index (χ0v) is 21.0. The van der Waals surface area contributed by atoms with Crippen LogP contribution in [0, 0.1) is 11.8 Å². The van der Waals surface area contributed by atoms with Gasteiger partial charge in [0, 0.05) is 48.9 Å². The summed E-state index contributed by atoms with van der Waals surface area (Å²) in [6.45, 7) is 1.59. The van der Waals surface area contributed by atoms with Crippen LogP contribution in [0.4, 0.5) is 4.79 Å². The van der Waals surface area contributed by atoms with Gasteiger partial charge in [0.25, 0.3) is 5.91 Å². The average Bonchev–Trinajstić information content (AvgIpc) is 3.65. The number of aromatic nitrogens is 1. The molecule has 0 aromatic carbocycles. The van der Waals surface area contributed by atoms with E-state index in [-0.39, 0.29) is 23.8 Å². The molecule has 1 aliphatic carbocycles. The molecule has 2 aromatic rings. The van der Waals surface area contributed by atoms with Gasteiger partial charge in [-0.25, -0.2) is 4.79 Å². The summed E-state index contributed by atoms with van der Waals surface area (Å²) >= 11 is 1.63. The van der Waals surface area contributed by atoms with E-state index in [1.165, 1.54) is 30.6 Å². The first kappa shape index (κ1) is 24.0. The Labute approximate surface area is 210 Å². The van der Waals surface area contributed by atoms with Gasteiger partial charge in [-0.15, -0.1) is 11.3 Å². The fourth-order valence-electron chi connectivity index (χ4n) is 6.13. The molecule has 5 rings (SSSR count). The minimum absolute atomic E-state index is 0.0891. The number of imide groups is 1. The quantitative estimate of drug-likeness (QED) is 0.554. The maximum absolute atomic E-state index is 13.9. The van der Waals surface area contributed by atoms with Gasteiger partial charge in [0.2, 0.25) is 5.91 Å². The van der Waals surface area contributed by atoms with E-state index in [0.717, 1.165) is 16.9 Å². The third-order valence-corrected chi connectivity index (χ3v) is 9.05. The van der Waals surface area contributed by atoms with E-state index in [1.807, 2.05) is 34.5 Å². The van der Waals surface area contributed by atoms with Crippen LogP contribution in [0.3, 0.4) is 0 Å². The number of hydrogen-bond donors (Lipinski definition) is 1. The standard InChI is InChI=1S/C27H34N4O3S/c32-24(10-9-20-5-1-2-6-20)30-15-11-21(12-16-30)27(22-7-3-14-28-19-22)25(33)31(26(34)29-27)17-13-23-8-4-18-35-23/h3-4,7-8,14,18-21H,1-2,5-6,9-13,15-17H2,(H,29,34)/t27-/m0/s1. The van der Waals surface area contributed by atoms with Crippen molar-refractivity contribution in [2.24, 2.45) is 11.8 Å². The maximum Gasteiger partial charge on any atom is 0.325 e. The fourth-order valence-corrected chi connectivity index (χ4v) is 6.82. The van der Waals surface area contributed by atoms with E-state index in [1.54, 1.807) is 23.7 Å². The Morgan fingerprint density at radius 3 is 2.60 bits per heavy atom. The Morgan fingerprint density at radius 2 is 1.91 bits per heavy atom. The number of carbonyl (C=O) groups excluding carboxylic acids is 3. The van der Waals surface area contributed by atoms with Crippen LogP contribution in [0.2, 0.25) is 0 Å². The Morgan fingerprint density at radius 1 is 1.11 bits per heavy atom. The second-order valence-electron chi connectivity index (χ2n) is 10.1. The van der Waals surface area contributed by atoms with Crippen LogP contribution in [-0.4, -0.2) is 52.3 Å². The molecule has 3 aliphatic rings. The normalized spacial score (nSPS) is 23.8. The van der Waals surface area contributed by atoms with Crippen LogP contribution in [0.1, 0.15) is 61.8 Å². The van der Waals surface area contributed by atoms with Gasteiger partial charge in [-0.3, -0.25) is 19.5 Å². The molecule has 2 aliphatic heterocycles. The Bertz CT molecular complexity index is 1030. The molecule has 2 aromatic heterocycles. The maximum atomic E-state index is 13.9. The van der Waals surface area contributed by atoms with Crippen molar-refractivity contribution in [1.82, 2.24) is 20.1 Å². The van der Waals surface area contributed by atoms with Crippen molar-refractivity contribution in [2.75, 3.05) is 19.6 Å². The van der Waals surface area contributed by atoms with Gasteiger partial charge in [0.05, 0.1) is 0 Å². The van der Waals surface area contributed by atoms with Crippen molar-refractivity contribution in [3.63, 3.8) is 0 Å². The molecule has 2 saturated heterocycles. The second kappa shape index (κ2) is 10.5. The molecule has 1 saturated carbocycles. The molecule has 0 radical (unpaired) electrons. The number of urea groups is 1. The van der Waals surface area contributed by atoms with E-state index >= 15 is 0 Å². The highest BCUT2D eigenvalue weighted by molar-refractivity contribution is 7.09. The molecule has 186 valence electrons. The summed E-state index contributed by atoms with van der Waals surface area (Å²) in [4.78, 5) is 48.6. The first-order valence-electron chi connectivity index (χ1n) is 12.9. The van der Waals surface area contributed by atoms with Gasteiger partial charge in [-0.05, 0) is 55.0 Å². The fraction of sp³-hybridized carbons (Fsp3) is 0.556. The summed E-state index contributed by atoms with van der Waals surface area (Å²) < 4.78 is 0. The zero-order chi connectivity index (χ0) is 24.3. The van der Waals surface area contributed by atoms with Gasteiger partial charge in [0.1, 0.15) is 0 Å². The summed E-state index contributed by atoms with van der Waals surface area (Å²) in [5.74, 6) is 0.647. The molecule has 0 spiro atoms. The highest BCUT2D eigenvalue weighted by Crippen LogP contribution is 2.41. The SMILES string of the molecule is O=C(CCC1CCCC1)N1CCC([C@@]2(c3cccnc3)NC(=O)N(CCc3cccs3)C2=O)CC1. The van der Waals surface area contributed by atoms with Crippen molar-refractivity contribution in [3.8, 4) is 0 Å². The third kappa shape index (κ3) is 4.85. The first-order chi connectivity index (χ1) is 17.1. The number of thiophene rings is 1. The molecule has 4 amide bonds. The molecule has 7 nitrogen and oxygen atoms in total. The number of hydrogen-bond acceptors (Lipinski definition) is 5. The summed E-state index contributed by atoms with van der Waals surface area (Å²) in [7, 11) is 0. The lowest BCUT2D eigenvalue weighted by molar-refractivity contribution is -0.136. The zero-order valence-electron chi connectivity index (χ0n) is 20.2. The van der Waals surface area contributed by atoms with E-state index in [2.05, 4.69) is 10.3 Å². The summed E-state index contributed by atoms with van der Waals surface area (Å²) in [5.41, 5.74) is -0.400. The van der Waals surface area contributed by atoms with Crippen LogP contribution in [-0.2, 0) is 21.5 Å². The lowest BCUT2D eigenvalue weighted by Crippen LogP contribution is -2.54. The number of likely N-dealkylation sites (tertiary alicyclic amines) is 1. The summed E-state index contributed by atoms with van der Waals surface area (Å²) in [6.07, 6.45) is 12.1. The van der Waals surface area contributed by atoms with Gasteiger partial charge in [0.15, 0.2) is 5.54 Å². The van der Waals surface area contributed by atoms with Crippen LogP contribution in [0.5, 0.6) is 0 Å². The van der Waals surface area contributed by atoms with E-state index < -0.39 is 5.54 Å². The lowest BCUT2D eigenvalue weighted by atomic mass is 9.73. The summed E-state index contributed by atoms with van der Waals surface area (Å²) in [6, 6.07) is 7.36. The molecule has 3 fully saturated rings. The monoisotopic (exact) mass is 494 g/mol. The van der Waals surface area contributed by atoms with Crippen LogP contribution >= 0.6 is 11.3 Å². The number of nitrogens with zero attached hydrogens (tertiary/aromatic N) is 3. The molecule has 4 heterocycles. The summed E-state index contributed by atoms with van der Waals surface area (Å²) in [5, 5.41) is 5.09. The number of carbonyl (C=O) groups is 3. The Kier molecular flexibility index (Phi) is 7.18. The van der Waals surface area contributed by atoms with Gasteiger partial charge >= 0.3 is 6.03 Å². The highest BCUT2D eigenvalue weighted by Gasteiger charge is 2.57. The minimum Gasteiger partial charge on any atom is -0.343 e. The van der Waals surface area contributed by atoms with Crippen LogP contribution < -0.4 is 5.32 Å². The number of piperidine rings is 1. The highest BCUT2D eigenvalue weighted by atomic mass is 32.1. The predicted octanol–water partition coefficient (Wildman–Crippen LogP) is 4.34. The van der Waals surface area contributed by atoms with E-state index in [9.17, 15) is 14.4 Å². The van der Waals surface area contributed by atoms with Gasteiger partial charge < -0.3 is 10.2 Å². The number of amides is 4. The molecule has 0 unspecified atom stereocenters. The third-order valence-electron chi connectivity index (χ3n) is 8.11. The Hall–Kier alpha value is -2.74. The lowest BCUT2D eigenvalue weighted by Gasteiger charge is -2.41. The molecular weight excluding hydrogens is 460 g/mol. The van der Waals surface area contributed by atoms with Crippen molar-refractivity contribution >= 4 is 29.2 Å². The molecule has 1 atom stereocenters. The molecule has 0 bridgehead atoms. The van der Waals surface area contributed by atoms with Crippen molar-refractivity contribution in [3.05, 3.63) is 52.5 Å². The average molecular weight is 495 g/mol. The smallest absolute Gasteiger partial charge is 0.325 e. The van der Waals surface area contributed by atoms with Crippen LogP contribution in [0.15, 0.2) is 42.0 Å². The van der Waals surface area contributed by atoms with Crippen molar-refractivity contribution in [2.45, 2.75) is 63.3 Å². The number of rotatable bonds is 8. The van der Waals surface area contributed by atoms with Crippen molar-refractivity contribution in [1.29, 1.82) is 0 Å². The molecular formula is C27H34N4O3S. The van der Waals surface area contributed by atoms with Gasteiger partial charge in [-0.2, -0.15) is 0 Å². The predicted molar refractivity (Wildman–Crippen MR) is 135 cm³/mol. The topological polar surface area (TPSA) is 82.6 Å². The van der Waals surface area contributed by atoms with E-state index in [4.69, 9.17) is 0 Å². The minimum atomic E-state index is -1.13. The number of pyridine rings is 1. The number of nitrogens with one attached hydrogen (secondary N) is 1. The first-order valence-corrected chi connectivity index (χ1v) is 13.8. The molecule has 35 heavy (non-hydrogen) atoms. The second-order valence-corrected chi connectivity index (χ2v) is 11.1.